The monoisotopic (exact) mass is 308 g/mol. The van der Waals surface area contributed by atoms with Crippen molar-refractivity contribution in [3.8, 4) is 0 Å². The molecule has 2 aliphatic rings. The Balaban J connectivity index is 1.81. The highest BCUT2D eigenvalue weighted by Crippen LogP contribution is 2.30. The van der Waals surface area contributed by atoms with Crippen molar-refractivity contribution in [2.45, 2.75) is 58.0 Å². The molecule has 6 nitrogen and oxygen atoms in total. The van der Waals surface area contributed by atoms with Gasteiger partial charge in [0.2, 0.25) is 5.82 Å². The summed E-state index contributed by atoms with van der Waals surface area (Å²) in [6, 6.07) is 1.00. The molecule has 0 radical (unpaired) electrons. The van der Waals surface area contributed by atoms with Crippen LogP contribution >= 0.6 is 0 Å². The number of nitrogens with zero attached hydrogens (tertiary/aromatic N) is 4. The van der Waals surface area contributed by atoms with Gasteiger partial charge in [0.1, 0.15) is 26.2 Å². The van der Waals surface area contributed by atoms with Crippen LogP contribution in [0, 0.1) is 5.92 Å². The van der Waals surface area contributed by atoms with Gasteiger partial charge in [-0.3, -0.25) is 0 Å². The Morgan fingerprint density at radius 1 is 1.14 bits per heavy atom. The summed E-state index contributed by atoms with van der Waals surface area (Å²) in [5.74, 6) is 1.83. The molecular weight excluding hydrogens is 276 g/mol. The van der Waals surface area contributed by atoms with Crippen molar-refractivity contribution in [3.05, 3.63) is 5.82 Å². The molecule has 22 heavy (non-hydrogen) atoms. The van der Waals surface area contributed by atoms with Crippen LogP contribution in [0.1, 0.15) is 63.9 Å². The molecule has 0 amide bonds. The smallest absolute Gasteiger partial charge is 0.209 e. The van der Waals surface area contributed by atoms with Crippen molar-refractivity contribution in [3.63, 3.8) is 0 Å². The van der Waals surface area contributed by atoms with Crippen LogP contribution in [0.2, 0.25) is 0 Å². The second kappa shape index (κ2) is 7.04. The van der Waals surface area contributed by atoms with E-state index < -0.39 is 0 Å². The topological polar surface area (TPSA) is 52.5 Å². The lowest BCUT2D eigenvalue weighted by atomic mass is 10.0. The minimum absolute atomic E-state index is 0.462. The summed E-state index contributed by atoms with van der Waals surface area (Å²) < 4.78 is 2.18. The van der Waals surface area contributed by atoms with Gasteiger partial charge in [-0.05, 0) is 29.2 Å². The standard InChI is InChI=1S/C16H30N6/c1-13(2)12-15(21-10-8-20(3)9-11-21)16-17-18-19-22(16)14-6-4-5-7-14/h13-15H,4-12H2,1-3H3/p+2/t15-/m1/s1. The molecule has 2 N–H and O–H groups in total. The fourth-order valence-electron chi connectivity index (χ4n) is 4.11. The number of rotatable bonds is 5. The zero-order chi connectivity index (χ0) is 15.5. The number of hydrogen-bond acceptors (Lipinski definition) is 3. The number of tetrazole rings is 1. The molecule has 2 heterocycles. The molecule has 0 bridgehead atoms. The summed E-state index contributed by atoms with van der Waals surface area (Å²) in [4.78, 5) is 3.34. The maximum absolute atomic E-state index is 4.48. The average molecular weight is 308 g/mol. The third-order valence-corrected chi connectivity index (χ3v) is 5.45. The van der Waals surface area contributed by atoms with Crippen molar-refractivity contribution >= 4 is 0 Å². The Labute approximate surface area is 133 Å². The van der Waals surface area contributed by atoms with Crippen LogP contribution in [0.15, 0.2) is 0 Å². The fourth-order valence-corrected chi connectivity index (χ4v) is 4.11. The molecule has 6 heteroatoms. The lowest BCUT2D eigenvalue weighted by Gasteiger charge is -2.33. The Bertz CT molecular complexity index is 457. The van der Waals surface area contributed by atoms with Gasteiger partial charge < -0.3 is 9.80 Å². The van der Waals surface area contributed by atoms with Gasteiger partial charge in [-0.25, -0.2) is 4.68 Å². The highest BCUT2D eigenvalue weighted by Gasteiger charge is 2.35. The zero-order valence-electron chi connectivity index (χ0n) is 14.4. The Hall–Kier alpha value is -1.01. The van der Waals surface area contributed by atoms with Crippen LogP contribution in [0.4, 0.5) is 0 Å². The highest BCUT2D eigenvalue weighted by atomic mass is 15.6. The highest BCUT2D eigenvalue weighted by molar-refractivity contribution is 4.92. The SMILES string of the molecule is CC(C)C[C@H](c1nnnn1C1CCCC1)[NH+]1CC[NH+](C)CC1. The van der Waals surface area contributed by atoms with E-state index in [0.29, 0.717) is 18.0 Å². The summed E-state index contributed by atoms with van der Waals surface area (Å²) in [5, 5.41) is 12.9. The fraction of sp³-hybridized carbons (Fsp3) is 0.938. The predicted octanol–water partition coefficient (Wildman–Crippen LogP) is -0.711. The third kappa shape index (κ3) is 3.49. The molecule has 0 unspecified atom stereocenters. The maximum Gasteiger partial charge on any atom is 0.209 e. The van der Waals surface area contributed by atoms with E-state index in [4.69, 9.17) is 0 Å². The van der Waals surface area contributed by atoms with Gasteiger partial charge in [-0.1, -0.05) is 26.7 Å². The third-order valence-electron chi connectivity index (χ3n) is 5.45. The summed E-state index contributed by atoms with van der Waals surface area (Å²) in [5.41, 5.74) is 0. The van der Waals surface area contributed by atoms with Crippen LogP contribution in [0.25, 0.3) is 0 Å². The van der Waals surface area contributed by atoms with E-state index >= 15 is 0 Å². The molecular formula is C16H32N6+2. The van der Waals surface area contributed by atoms with Gasteiger partial charge in [-0.15, -0.1) is 5.10 Å². The first-order chi connectivity index (χ1) is 10.6. The molecule has 3 rings (SSSR count). The van der Waals surface area contributed by atoms with Crippen molar-refractivity contribution in [1.82, 2.24) is 20.2 Å². The van der Waals surface area contributed by atoms with Crippen molar-refractivity contribution in [2.75, 3.05) is 33.2 Å². The molecule has 1 aromatic rings. The summed E-state index contributed by atoms with van der Waals surface area (Å²) in [6.45, 7) is 9.63. The van der Waals surface area contributed by atoms with Gasteiger partial charge in [0.05, 0.1) is 13.1 Å². The van der Waals surface area contributed by atoms with E-state index in [1.54, 1.807) is 9.80 Å². The minimum atomic E-state index is 0.462. The second-order valence-electron chi connectivity index (χ2n) is 7.72. The Morgan fingerprint density at radius 3 is 2.45 bits per heavy atom. The molecule has 1 saturated heterocycles. The first-order valence-corrected chi connectivity index (χ1v) is 9.08. The van der Waals surface area contributed by atoms with Crippen LogP contribution in [-0.2, 0) is 0 Å². The van der Waals surface area contributed by atoms with Gasteiger partial charge in [0.15, 0.2) is 6.04 Å². The van der Waals surface area contributed by atoms with E-state index in [1.807, 2.05) is 0 Å². The molecule has 1 aliphatic heterocycles. The number of piperazine rings is 1. The molecule has 124 valence electrons. The van der Waals surface area contributed by atoms with Crippen molar-refractivity contribution in [2.24, 2.45) is 5.92 Å². The molecule has 1 aliphatic carbocycles. The maximum atomic E-state index is 4.48. The Kier molecular flexibility index (Phi) is 5.08. The van der Waals surface area contributed by atoms with Crippen LogP contribution in [0.5, 0.6) is 0 Å². The van der Waals surface area contributed by atoms with Crippen LogP contribution in [-0.4, -0.2) is 53.4 Å². The van der Waals surface area contributed by atoms with Gasteiger partial charge >= 0.3 is 0 Å². The van der Waals surface area contributed by atoms with Gasteiger partial charge in [0, 0.05) is 6.42 Å². The molecule has 2 fully saturated rings. The normalized spacial score (nSPS) is 28.4. The number of quaternary nitrogens is 2. The largest absolute Gasteiger partial charge is 0.328 e. The van der Waals surface area contributed by atoms with Crippen molar-refractivity contribution < 1.29 is 9.80 Å². The minimum Gasteiger partial charge on any atom is -0.328 e. The molecule has 1 aromatic heterocycles. The van der Waals surface area contributed by atoms with Crippen LogP contribution in [0.3, 0.4) is 0 Å². The van der Waals surface area contributed by atoms with E-state index in [0.717, 1.165) is 5.82 Å². The molecule has 0 spiro atoms. The lowest BCUT2D eigenvalue weighted by Crippen LogP contribution is -3.27. The van der Waals surface area contributed by atoms with E-state index in [-0.39, 0.29) is 0 Å². The van der Waals surface area contributed by atoms with Crippen molar-refractivity contribution in [1.29, 1.82) is 0 Å². The first-order valence-electron chi connectivity index (χ1n) is 9.08. The summed E-state index contributed by atoms with van der Waals surface area (Å²) >= 11 is 0. The second-order valence-corrected chi connectivity index (χ2v) is 7.72. The average Bonchev–Trinajstić information content (AvgIpc) is 3.16. The molecule has 0 aromatic carbocycles. The van der Waals surface area contributed by atoms with Crippen LogP contribution < -0.4 is 9.80 Å². The molecule has 1 atom stereocenters. The van der Waals surface area contributed by atoms with Gasteiger partial charge in [-0.2, -0.15) is 0 Å². The lowest BCUT2D eigenvalue weighted by molar-refractivity contribution is -1.02. The summed E-state index contributed by atoms with van der Waals surface area (Å²) in [6.07, 6.45) is 6.32. The predicted molar refractivity (Wildman–Crippen MR) is 84.8 cm³/mol. The Morgan fingerprint density at radius 2 is 1.82 bits per heavy atom. The summed E-state index contributed by atoms with van der Waals surface area (Å²) in [7, 11) is 2.30. The quantitative estimate of drug-likeness (QED) is 0.755. The van der Waals surface area contributed by atoms with E-state index in [2.05, 4.69) is 41.1 Å². The first kappa shape index (κ1) is 15.9. The van der Waals surface area contributed by atoms with Gasteiger partial charge in [0.25, 0.3) is 0 Å². The number of nitrogens with one attached hydrogen (secondary N) is 2. The van der Waals surface area contributed by atoms with E-state index in [9.17, 15) is 0 Å². The number of aromatic nitrogens is 4. The number of likely N-dealkylation sites (N-methyl/N-ethyl adjacent to an activating group) is 1. The molecule has 1 saturated carbocycles. The number of hydrogen-bond donors (Lipinski definition) is 2. The zero-order valence-corrected chi connectivity index (χ0v) is 14.4. The van der Waals surface area contributed by atoms with E-state index in [1.165, 1.54) is 58.3 Å².